The molecule has 0 spiro atoms. The lowest BCUT2D eigenvalue weighted by atomic mass is 10.1. The summed E-state index contributed by atoms with van der Waals surface area (Å²) in [4.78, 5) is 12.0. The van der Waals surface area contributed by atoms with E-state index >= 15 is 0 Å². The maximum atomic E-state index is 13.7. The fourth-order valence-electron chi connectivity index (χ4n) is 1.71. The lowest BCUT2D eigenvalue weighted by Gasteiger charge is -2.10. The van der Waals surface area contributed by atoms with Crippen molar-refractivity contribution in [2.45, 2.75) is 0 Å². The van der Waals surface area contributed by atoms with Crippen LogP contribution in [0.15, 0.2) is 36.4 Å². The minimum Gasteiger partial charge on any atom is -0.496 e. The number of nitrogen functional groups attached to an aromatic ring is 1. The standard InChI is InChI=1S/C14H12F2N2O2/c1-20-12-4-2-3-9(15)13(12)14(19)18-11-6-5-8(17)7-10(11)16/h2-7H,17H2,1H3,(H,18,19). The summed E-state index contributed by atoms with van der Waals surface area (Å²) in [6.07, 6.45) is 0. The summed E-state index contributed by atoms with van der Waals surface area (Å²) in [6, 6.07) is 7.77. The number of amides is 1. The number of nitrogens with one attached hydrogen (secondary N) is 1. The molecule has 0 fully saturated rings. The fraction of sp³-hybridized carbons (Fsp3) is 0.0714. The number of carbonyl (C=O) groups is 1. The number of nitrogens with two attached hydrogens (primary N) is 1. The van der Waals surface area contributed by atoms with Crippen LogP contribution >= 0.6 is 0 Å². The van der Waals surface area contributed by atoms with E-state index in [2.05, 4.69) is 5.32 Å². The third-order valence-electron chi connectivity index (χ3n) is 2.66. The Hall–Kier alpha value is -2.63. The SMILES string of the molecule is COc1cccc(F)c1C(=O)Nc1ccc(N)cc1F. The molecule has 3 N–H and O–H groups in total. The molecule has 0 unspecified atom stereocenters. The van der Waals surface area contributed by atoms with Gasteiger partial charge in [-0.1, -0.05) is 6.07 Å². The first kappa shape index (κ1) is 13.8. The Morgan fingerprint density at radius 1 is 1.20 bits per heavy atom. The van der Waals surface area contributed by atoms with E-state index in [9.17, 15) is 13.6 Å². The maximum absolute atomic E-state index is 13.7. The highest BCUT2D eigenvalue weighted by Crippen LogP contribution is 2.24. The Labute approximate surface area is 114 Å². The van der Waals surface area contributed by atoms with Crippen molar-refractivity contribution < 1.29 is 18.3 Å². The normalized spacial score (nSPS) is 10.2. The molecular weight excluding hydrogens is 266 g/mol. The zero-order valence-electron chi connectivity index (χ0n) is 10.6. The van der Waals surface area contributed by atoms with Gasteiger partial charge >= 0.3 is 0 Å². The van der Waals surface area contributed by atoms with Crippen molar-refractivity contribution in [2.24, 2.45) is 0 Å². The summed E-state index contributed by atoms with van der Waals surface area (Å²) in [5, 5.41) is 2.28. The van der Waals surface area contributed by atoms with E-state index < -0.39 is 17.5 Å². The number of methoxy groups -OCH3 is 1. The van der Waals surface area contributed by atoms with E-state index in [0.717, 1.165) is 12.1 Å². The van der Waals surface area contributed by atoms with Crippen LogP contribution in [-0.2, 0) is 0 Å². The average Bonchev–Trinajstić information content (AvgIpc) is 2.41. The number of hydrogen-bond donors (Lipinski definition) is 2. The van der Waals surface area contributed by atoms with E-state index in [1.54, 1.807) is 0 Å². The van der Waals surface area contributed by atoms with Crippen molar-refractivity contribution in [3.8, 4) is 5.75 Å². The minimum atomic E-state index is -0.802. The molecule has 0 bridgehead atoms. The van der Waals surface area contributed by atoms with Gasteiger partial charge in [0.1, 0.15) is 22.9 Å². The van der Waals surface area contributed by atoms with Gasteiger partial charge in [-0.3, -0.25) is 4.79 Å². The molecule has 0 radical (unpaired) electrons. The lowest BCUT2D eigenvalue weighted by molar-refractivity contribution is 0.101. The van der Waals surface area contributed by atoms with E-state index in [4.69, 9.17) is 10.5 Å². The van der Waals surface area contributed by atoms with E-state index in [1.165, 1.54) is 31.4 Å². The average molecular weight is 278 g/mol. The number of anilines is 2. The first-order chi connectivity index (χ1) is 9.52. The molecule has 0 saturated heterocycles. The van der Waals surface area contributed by atoms with Crippen LogP contribution in [0.25, 0.3) is 0 Å². The Morgan fingerprint density at radius 3 is 2.60 bits per heavy atom. The first-order valence-electron chi connectivity index (χ1n) is 5.72. The van der Waals surface area contributed by atoms with Crippen molar-refractivity contribution in [1.29, 1.82) is 0 Å². The van der Waals surface area contributed by atoms with Gasteiger partial charge in [-0.05, 0) is 30.3 Å². The smallest absolute Gasteiger partial charge is 0.262 e. The van der Waals surface area contributed by atoms with Gasteiger partial charge in [-0.15, -0.1) is 0 Å². The van der Waals surface area contributed by atoms with E-state index in [-0.39, 0.29) is 22.7 Å². The number of ether oxygens (including phenoxy) is 1. The molecule has 104 valence electrons. The number of hydrogen-bond acceptors (Lipinski definition) is 3. The van der Waals surface area contributed by atoms with Gasteiger partial charge in [0.05, 0.1) is 12.8 Å². The first-order valence-corrected chi connectivity index (χ1v) is 5.72. The Kier molecular flexibility index (Phi) is 3.84. The number of halogens is 2. The molecular formula is C14H12F2N2O2. The van der Waals surface area contributed by atoms with Crippen molar-refractivity contribution in [1.82, 2.24) is 0 Å². The van der Waals surface area contributed by atoms with Crippen LogP contribution < -0.4 is 15.8 Å². The van der Waals surface area contributed by atoms with Crippen LogP contribution in [0.3, 0.4) is 0 Å². The summed E-state index contributed by atoms with van der Waals surface area (Å²) in [7, 11) is 1.31. The minimum absolute atomic E-state index is 0.0679. The molecule has 0 heterocycles. The molecule has 2 aromatic carbocycles. The Balaban J connectivity index is 2.33. The molecule has 1 amide bonds. The van der Waals surface area contributed by atoms with Crippen LogP contribution in [0.5, 0.6) is 5.75 Å². The van der Waals surface area contributed by atoms with Gasteiger partial charge in [-0.2, -0.15) is 0 Å². The summed E-state index contributed by atoms with van der Waals surface area (Å²) in [5.41, 5.74) is 5.26. The molecule has 20 heavy (non-hydrogen) atoms. The van der Waals surface area contributed by atoms with E-state index in [0.29, 0.717) is 0 Å². The van der Waals surface area contributed by atoms with Gasteiger partial charge < -0.3 is 15.8 Å². The van der Waals surface area contributed by atoms with Gasteiger partial charge in [-0.25, -0.2) is 8.78 Å². The van der Waals surface area contributed by atoms with Crippen LogP contribution in [-0.4, -0.2) is 13.0 Å². The molecule has 0 saturated carbocycles. The summed E-state index contributed by atoms with van der Waals surface area (Å²) in [6.45, 7) is 0. The van der Waals surface area contributed by atoms with Crippen LogP contribution in [0, 0.1) is 11.6 Å². The molecule has 2 aromatic rings. The molecule has 0 aliphatic carbocycles. The zero-order chi connectivity index (χ0) is 14.7. The van der Waals surface area contributed by atoms with E-state index in [1.807, 2.05) is 0 Å². The highest BCUT2D eigenvalue weighted by atomic mass is 19.1. The molecule has 0 aliphatic heterocycles. The molecule has 4 nitrogen and oxygen atoms in total. The largest absolute Gasteiger partial charge is 0.496 e. The molecule has 6 heteroatoms. The van der Waals surface area contributed by atoms with Crippen molar-refractivity contribution >= 4 is 17.3 Å². The quantitative estimate of drug-likeness (QED) is 0.848. The monoisotopic (exact) mass is 278 g/mol. The zero-order valence-corrected chi connectivity index (χ0v) is 10.6. The van der Waals surface area contributed by atoms with Crippen molar-refractivity contribution in [3.05, 3.63) is 53.6 Å². The predicted octanol–water partition coefficient (Wildman–Crippen LogP) is 2.81. The number of benzene rings is 2. The van der Waals surface area contributed by atoms with Crippen molar-refractivity contribution in [2.75, 3.05) is 18.2 Å². The number of carbonyl (C=O) groups excluding carboxylic acids is 1. The molecule has 0 aliphatic rings. The van der Waals surface area contributed by atoms with Crippen LogP contribution in [0.4, 0.5) is 20.2 Å². The lowest BCUT2D eigenvalue weighted by Crippen LogP contribution is -2.16. The van der Waals surface area contributed by atoms with Gasteiger partial charge in [0, 0.05) is 5.69 Å². The topological polar surface area (TPSA) is 64.3 Å². The second-order valence-corrected chi connectivity index (χ2v) is 4.01. The molecule has 0 aromatic heterocycles. The molecule has 2 rings (SSSR count). The third kappa shape index (κ3) is 2.69. The fourth-order valence-corrected chi connectivity index (χ4v) is 1.71. The van der Waals surface area contributed by atoms with Crippen molar-refractivity contribution in [3.63, 3.8) is 0 Å². The van der Waals surface area contributed by atoms with Crippen LogP contribution in [0.1, 0.15) is 10.4 Å². The summed E-state index contributed by atoms with van der Waals surface area (Å²) in [5.74, 6) is -2.19. The summed E-state index contributed by atoms with van der Waals surface area (Å²) < 4.78 is 32.2. The maximum Gasteiger partial charge on any atom is 0.262 e. The van der Waals surface area contributed by atoms with Gasteiger partial charge in [0.2, 0.25) is 0 Å². The van der Waals surface area contributed by atoms with Gasteiger partial charge in [0.25, 0.3) is 5.91 Å². The predicted molar refractivity (Wildman–Crippen MR) is 71.7 cm³/mol. The molecule has 0 atom stereocenters. The third-order valence-corrected chi connectivity index (χ3v) is 2.66. The van der Waals surface area contributed by atoms with Gasteiger partial charge in [0.15, 0.2) is 0 Å². The van der Waals surface area contributed by atoms with Crippen LogP contribution in [0.2, 0.25) is 0 Å². The summed E-state index contributed by atoms with van der Waals surface area (Å²) >= 11 is 0. The Morgan fingerprint density at radius 2 is 1.95 bits per heavy atom. The number of rotatable bonds is 3. The second-order valence-electron chi connectivity index (χ2n) is 4.01. The second kappa shape index (κ2) is 5.56. The Bertz CT molecular complexity index is 660. The highest BCUT2D eigenvalue weighted by molar-refractivity contribution is 6.06. The highest BCUT2D eigenvalue weighted by Gasteiger charge is 2.18.